The second-order valence-corrected chi connectivity index (χ2v) is 5.33. The number of ether oxygens (including phenoxy) is 1. The van der Waals surface area contributed by atoms with Gasteiger partial charge < -0.3 is 15.4 Å². The molecule has 2 heterocycles. The van der Waals surface area contributed by atoms with Crippen molar-refractivity contribution in [2.75, 3.05) is 38.7 Å². The maximum Gasteiger partial charge on any atom is 0.126 e. The van der Waals surface area contributed by atoms with Gasteiger partial charge in [0.05, 0.1) is 11.6 Å². The minimum Gasteiger partial charge on any atom is -0.384 e. The largest absolute Gasteiger partial charge is 0.384 e. The number of pyridine rings is 1. The van der Waals surface area contributed by atoms with Crippen molar-refractivity contribution in [3.63, 3.8) is 0 Å². The SMILES string of the molecule is COCC1(CNc2ccc(Cl)cn2)CCNCC1. The lowest BCUT2D eigenvalue weighted by molar-refractivity contribution is 0.0635. The van der Waals surface area contributed by atoms with Crippen LogP contribution in [0.15, 0.2) is 18.3 Å². The molecule has 0 spiro atoms. The van der Waals surface area contributed by atoms with E-state index in [1.54, 1.807) is 13.3 Å². The first-order valence-corrected chi connectivity index (χ1v) is 6.67. The van der Waals surface area contributed by atoms with Crippen molar-refractivity contribution in [1.82, 2.24) is 10.3 Å². The number of halogens is 1. The molecule has 2 rings (SSSR count). The molecule has 0 bridgehead atoms. The summed E-state index contributed by atoms with van der Waals surface area (Å²) in [6, 6.07) is 3.76. The van der Waals surface area contributed by atoms with Crippen LogP contribution in [-0.2, 0) is 4.74 Å². The molecule has 18 heavy (non-hydrogen) atoms. The molecule has 1 aliphatic rings. The zero-order valence-corrected chi connectivity index (χ0v) is 11.5. The normalized spacial score (nSPS) is 18.6. The first-order chi connectivity index (χ1) is 8.74. The van der Waals surface area contributed by atoms with E-state index in [0.717, 1.165) is 44.9 Å². The Hall–Kier alpha value is -0.840. The van der Waals surface area contributed by atoms with Crippen LogP contribution in [0.4, 0.5) is 5.82 Å². The van der Waals surface area contributed by atoms with Crippen molar-refractivity contribution in [3.8, 4) is 0 Å². The van der Waals surface area contributed by atoms with Crippen LogP contribution < -0.4 is 10.6 Å². The molecule has 0 amide bonds. The minimum absolute atomic E-state index is 0.210. The van der Waals surface area contributed by atoms with E-state index >= 15 is 0 Å². The Labute approximate surface area is 113 Å². The predicted molar refractivity (Wildman–Crippen MR) is 74.1 cm³/mol. The van der Waals surface area contributed by atoms with E-state index in [2.05, 4.69) is 15.6 Å². The van der Waals surface area contributed by atoms with Gasteiger partial charge in [0.15, 0.2) is 0 Å². The zero-order chi connectivity index (χ0) is 12.8. The molecule has 4 nitrogen and oxygen atoms in total. The number of methoxy groups -OCH3 is 1. The van der Waals surface area contributed by atoms with Gasteiger partial charge >= 0.3 is 0 Å². The summed E-state index contributed by atoms with van der Waals surface area (Å²) in [6.07, 6.45) is 3.91. The molecule has 1 aliphatic heterocycles. The molecule has 5 heteroatoms. The molecule has 0 saturated carbocycles. The molecule has 0 unspecified atom stereocenters. The summed E-state index contributed by atoms with van der Waals surface area (Å²) >= 11 is 5.82. The van der Waals surface area contributed by atoms with Gasteiger partial charge in [-0.25, -0.2) is 4.98 Å². The van der Waals surface area contributed by atoms with Crippen molar-refractivity contribution >= 4 is 17.4 Å². The third kappa shape index (κ3) is 3.57. The fourth-order valence-electron chi connectivity index (χ4n) is 2.39. The summed E-state index contributed by atoms with van der Waals surface area (Å²) < 4.78 is 5.38. The Morgan fingerprint density at radius 1 is 1.44 bits per heavy atom. The van der Waals surface area contributed by atoms with Crippen molar-refractivity contribution in [1.29, 1.82) is 0 Å². The van der Waals surface area contributed by atoms with E-state index in [1.165, 1.54) is 0 Å². The lowest BCUT2D eigenvalue weighted by Gasteiger charge is -2.37. The summed E-state index contributed by atoms with van der Waals surface area (Å²) in [5.74, 6) is 0.869. The smallest absolute Gasteiger partial charge is 0.126 e. The van der Waals surface area contributed by atoms with Gasteiger partial charge in [0, 0.05) is 25.3 Å². The van der Waals surface area contributed by atoms with Crippen molar-refractivity contribution in [3.05, 3.63) is 23.4 Å². The summed E-state index contributed by atoms with van der Waals surface area (Å²) in [5, 5.41) is 7.44. The van der Waals surface area contributed by atoms with Crippen LogP contribution in [-0.4, -0.2) is 38.3 Å². The summed E-state index contributed by atoms with van der Waals surface area (Å²) in [4.78, 5) is 4.25. The maximum atomic E-state index is 5.82. The standard InChI is InChI=1S/C13H20ClN3O/c1-18-10-13(4-6-15-7-5-13)9-17-12-3-2-11(14)8-16-12/h2-3,8,15H,4-7,9-10H2,1H3,(H,16,17). The molecule has 0 aromatic carbocycles. The quantitative estimate of drug-likeness (QED) is 0.860. The minimum atomic E-state index is 0.210. The van der Waals surface area contributed by atoms with Gasteiger partial charge in [-0.3, -0.25) is 0 Å². The van der Waals surface area contributed by atoms with Crippen LogP contribution in [0.2, 0.25) is 5.02 Å². The summed E-state index contributed by atoms with van der Waals surface area (Å²) in [6.45, 7) is 3.78. The Kier molecular flexibility index (Phi) is 4.80. The number of nitrogens with one attached hydrogen (secondary N) is 2. The lowest BCUT2D eigenvalue weighted by atomic mass is 9.79. The first kappa shape index (κ1) is 13.6. The van der Waals surface area contributed by atoms with Crippen LogP contribution in [0.5, 0.6) is 0 Å². The highest BCUT2D eigenvalue weighted by Gasteiger charge is 2.31. The van der Waals surface area contributed by atoms with E-state index in [-0.39, 0.29) is 5.41 Å². The van der Waals surface area contributed by atoms with Crippen LogP contribution in [0.1, 0.15) is 12.8 Å². The van der Waals surface area contributed by atoms with Crippen LogP contribution in [0.3, 0.4) is 0 Å². The molecule has 100 valence electrons. The van der Waals surface area contributed by atoms with Crippen LogP contribution in [0.25, 0.3) is 0 Å². The molecule has 1 saturated heterocycles. The highest BCUT2D eigenvalue weighted by atomic mass is 35.5. The Morgan fingerprint density at radius 3 is 2.83 bits per heavy atom. The Bertz CT molecular complexity index is 357. The number of nitrogens with zero attached hydrogens (tertiary/aromatic N) is 1. The number of hydrogen-bond donors (Lipinski definition) is 2. The fourth-order valence-corrected chi connectivity index (χ4v) is 2.51. The number of rotatable bonds is 5. The molecule has 0 atom stereocenters. The van der Waals surface area contributed by atoms with Crippen LogP contribution >= 0.6 is 11.6 Å². The summed E-state index contributed by atoms with van der Waals surface area (Å²) in [7, 11) is 1.77. The van der Waals surface area contributed by atoms with Gasteiger partial charge in [-0.2, -0.15) is 0 Å². The fraction of sp³-hybridized carbons (Fsp3) is 0.615. The third-order valence-corrected chi connectivity index (χ3v) is 3.71. The topological polar surface area (TPSA) is 46.2 Å². The molecule has 0 aliphatic carbocycles. The number of piperidine rings is 1. The van der Waals surface area contributed by atoms with E-state index in [1.807, 2.05) is 12.1 Å². The second-order valence-electron chi connectivity index (χ2n) is 4.90. The number of anilines is 1. The lowest BCUT2D eigenvalue weighted by Crippen LogP contribution is -2.44. The van der Waals surface area contributed by atoms with E-state index in [4.69, 9.17) is 16.3 Å². The van der Waals surface area contributed by atoms with Gasteiger partial charge in [-0.1, -0.05) is 11.6 Å². The van der Waals surface area contributed by atoms with E-state index in [0.29, 0.717) is 5.02 Å². The van der Waals surface area contributed by atoms with Gasteiger partial charge in [0.1, 0.15) is 5.82 Å². The predicted octanol–water partition coefficient (Wildman–Crippen LogP) is 2.16. The van der Waals surface area contributed by atoms with Crippen molar-refractivity contribution in [2.45, 2.75) is 12.8 Å². The van der Waals surface area contributed by atoms with Crippen molar-refractivity contribution in [2.24, 2.45) is 5.41 Å². The number of hydrogen-bond acceptors (Lipinski definition) is 4. The van der Waals surface area contributed by atoms with Gasteiger partial charge in [0.25, 0.3) is 0 Å². The third-order valence-electron chi connectivity index (χ3n) is 3.49. The molecule has 1 fully saturated rings. The molecule has 1 aromatic rings. The number of aromatic nitrogens is 1. The average Bonchev–Trinajstić information content (AvgIpc) is 2.40. The first-order valence-electron chi connectivity index (χ1n) is 6.29. The van der Waals surface area contributed by atoms with Gasteiger partial charge in [-0.05, 0) is 38.1 Å². The Balaban J connectivity index is 1.94. The van der Waals surface area contributed by atoms with Crippen molar-refractivity contribution < 1.29 is 4.74 Å². The molecule has 2 N–H and O–H groups in total. The van der Waals surface area contributed by atoms with Gasteiger partial charge in [-0.15, -0.1) is 0 Å². The molecular weight excluding hydrogens is 250 g/mol. The molecular formula is C13H20ClN3O. The highest BCUT2D eigenvalue weighted by molar-refractivity contribution is 6.30. The van der Waals surface area contributed by atoms with Crippen LogP contribution in [0, 0.1) is 5.41 Å². The second kappa shape index (κ2) is 6.36. The maximum absolute atomic E-state index is 5.82. The van der Waals surface area contributed by atoms with Gasteiger partial charge in [0.2, 0.25) is 0 Å². The molecule has 0 radical (unpaired) electrons. The summed E-state index contributed by atoms with van der Waals surface area (Å²) in [5.41, 5.74) is 0.210. The van der Waals surface area contributed by atoms with E-state index in [9.17, 15) is 0 Å². The zero-order valence-electron chi connectivity index (χ0n) is 10.7. The van der Waals surface area contributed by atoms with E-state index < -0.39 is 0 Å². The molecule has 1 aromatic heterocycles. The highest BCUT2D eigenvalue weighted by Crippen LogP contribution is 2.29. The Morgan fingerprint density at radius 2 is 2.22 bits per heavy atom. The average molecular weight is 270 g/mol. The monoisotopic (exact) mass is 269 g/mol.